The summed E-state index contributed by atoms with van der Waals surface area (Å²) in [6.45, 7) is 6.03. The Hall–Kier alpha value is -3.15. The molecule has 1 aliphatic heterocycles. The molecule has 2 aromatic rings. The van der Waals surface area contributed by atoms with Crippen LogP contribution in [0.3, 0.4) is 0 Å². The van der Waals surface area contributed by atoms with Crippen LogP contribution < -0.4 is 5.32 Å². The topological polar surface area (TPSA) is 84.3 Å². The Morgan fingerprint density at radius 1 is 1.07 bits per heavy atom. The second kappa shape index (κ2) is 7.35. The van der Waals surface area contributed by atoms with Crippen molar-refractivity contribution >= 4 is 23.2 Å². The maximum atomic E-state index is 13.3. The van der Waals surface area contributed by atoms with Crippen LogP contribution >= 0.6 is 0 Å². The predicted molar refractivity (Wildman–Crippen MR) is 111 cm³/mol. The zero-order chi connectivity index (χ0) is 20.6. The number of allylic oxidation sites excluding steroid dienone is 1. The lowest BCUT2D eigenvalue weighted by Gasteiger charge is -2.41. The highest BCUT2D eigenvalue weighted by Gasteiger charge is 2.47. The molecule has 0 aromatic carbocycles. The van der Waals surface area contributed by atoms with Gasteiger partial charge in [0, 0.05) is 47.9 Å². The van der Waals surface area contributed by atoms with Crippen molar-refractivity contribution in [2.75, 3.05) is 5.32 Å². The van der Waals surface area contributed by atoms with Crippen LogP contribution in [0.4, 0.5) is 5.82 Å². The summed E-state index contributed by atoms with van der Waals surface area (Å²) in [5.74, 6) is -0.463. The smallest absolute Gasteiger partial charge is 0.255 e. The Kier molecular flexibility index (Phi) is 4.86. The number of hydrogen-bond acceptors (Lipinski definition) is 5. The van der Waals surface area contributed by atoms with Crippen LogP contribution in [0.25, 0.3) is 0 Å². The van der Waals surface area contributed by atoms with Crippen molar-refractivity contribution in [1.82, 2.24) is 9.97 Å². The van der Waals surface area contributed by atoms with Crippen LogP contribution in [0.15, 0.2) is 65.2 Å². The van der Waals surface area contributed by atoms with Gasteiger partial charge >= 0.3 is 0 Å². The summed E-state index contributed by atoms with van der Waals surface area (Å²) in [5.41, 5.74) is 2.82. The molecule has 2 aromatic heterocycles. The van der Waals surface area contributed by atoms with Gasteiger partial charge < -0.3 is 5.32 Å². The predicted octanol–water partition coefficient (Wildman–Crippen LogP) is 3.93. The van der Waals surface area contributed by atoms with E-state index in [4.69, 9.17) is 4.99 Å². The Morgan fingerprint density at radius 2 is 1.83 bits per heavy atom. The van der Waals surface area contributed by atoms with Crippen LogP contribution in [0, 0.1) is 11.3 Å². The molecule has 2 aliphatic rings. The number of hydrogen-bond donors (Lipinski definition) is 1. The quantitative estimate of drug-likeness (QED) is 0.863. The highest BCUT2D eigenvalue weighted by Crippen LogP contribution is 2.46. The van der Waals surface area contributed by atoms with E-state index >= 15 is 0 Å². The van der Waals surface area contributed by atoms with E-state index in [1.807, 2.05) is 25.1 Å². The number of carbonyl (C=O) groups is 2. The number of nitrogens with one attached hydrogen (secondary N) is 1. The molecule has 0 saturated heterocycles. The lowest BCUT2D eigenvalue weighted by atomic mass is 9.63. The first-order valence-corrected chi connectivity index (χ1v) is 9.79. The largest absolute Gasteiger partial charge is 0.307 e. The number of ketones is 1. The van der Waals surface area contributed by atoms with Gasteiger partial charge in [0.25, 0.3) is 5.91 Å². The van der Waals surface area contributed by atoms with Gasteiger partial charge in [-0.2, -0.15) is 0 Å². The normalized spacial score (nSPS) is 23.3. The summed E-state index contributed by atoms with van der Waals surface area (Å²) in [4.78, 5) is 39.5. The standard InChI is InChI=1S/C23H24N4O2/c1-14-19(22(29)27-18-6-4-5-9-25-18)20(15-7-10-24-11-8-15)21-16(26-14)12-23(2,3)13-17(21)28/h4-11,20-21H,12-13H2,1-3H3,(H,25,27,29)/t20-,21-/m1/s1. The number of aromatic nitrogens is 2. The fourth-order valence-corrected chi connectivity index (χ4v) is 4.44. The average molecular weight is 388 g/mol. The molecule has 1 saturated carbocycles. The first kappa shape index (κ1) is 19.2. The Balaban J connectivity index is 1.81. The maximum Gasteiger partial charge on any atom is 0.255 e. The summed E-state index contributed by atoms with van der Waals surface area (Å²) >= 11 is 0. The minimum Gasteiger partial charge on any atom is -0.307 e. The third-order valence-electron chi connectivity index (χ3n) is 5.58. The Bertz CT molecular complexity index is 1010. The molecule has 1 amide bonds. The molecular weight excluding hydrogens is 364 g/mol. The summed E-state index contributed by atoms with van der Waals surface area (Å²) in [6, 6.07) is 9.10. The second-order valence-corrected chi connectivity index (χ2v) is 8.49. The van der Waals surface area contributed by atoms with Crippen LogP contribution in [0.2, 0.25) is 0 Å². The van der Waals surface area contributed by atoms with Crippen molar-refractivity contribution in [2.24, 2.45) is 16.3 Å². The van der Waals surface area contributed by atoms with E-state index < -0.39 is 5.92 Å². The van der Waals surface area contributed by atoms with Gasteiger partial charge in [0.2, 0.25) is 0 Å². The minimum atomic E-state index is -0.418. The van der Waals surface area contributed by atoms with Gasteiger partial charge in [-0.3, -0.25) is 19.6 Å². The monoisotopic (exact) mass is 388 g/mol. The van der Waals surface area contributed by atoms with Gasteiger partial charge in [-0.15, -0.1) is 0 Å². The molecule has 2 atom stereocenters. The van der Waals surface area contributed by atoms with Gasteiger partial charge in [-0.1, -0.05) is 19.9 Å². The number of nitrogens with zero attached hydrogens (tertiary/aromatic N) is 3. The Morgan fingerprint density at radius 3 is 2.52 bits per heavy atom. The molecule has 1 aliphatic carbocycles. The lowest BCUT2D eigenvalue weighted by Crippen LogP contribution is -2.44. The SMILES string of the molecule is CC1=C(C(=O)Nc2ccccn2)[C@@H](c2ccncc2)[C@H]2C(=O)CC(C)(C)CC2=N1. The van der Waals surface area contributed by atoms with Crippen molar-refractivity contribution in [2.45, 2.75) is 39.5 Å². The number of fused-ring (bicyclic) bond motifs is 1. The van der Waals surface area contributed by atoms with E-state index in [9.17, 15) is 9.59 Å². The van der Waals surface area contributed by atoms with E-state index in [1.165, 1.54) is 0 Å². The highest BCUT2D eigenvalue weighted by atomic mass is 16.2. The van der Waals surface area contributed by atoms with E-state index in [0.29, 0.717) is 23.5 Å². The third-order valence-corrected chi connectivity index (χ3v) is 5.58. The molecule has 0 unspecified atom stereocenters. The first-order valence-electron chi connectivity index (χ1n) is 9.79. The average Bonchev–Trinajstić information content (AvgIpc) is 2.67. The van der Waals surface area contributed by atoms with E-state index in [0.717, 1.165) is 17.7 Å². The van der Waals surface area contributed by atoms with Gasteiger partial charge in [-0.25, -0.2) is 4.98 Å². The first-order chi connectivity index (χ1) is 13.9. The van der Waals surface area contributed by atoms with Gasteiger partial charge in [0.1, 0.15) is 11.6 Å². The minimum absolute atomic E-state index is 0.122. The highest BCUT2D eigenvalue weighted by molar-refractivity contribution is 6.14. The number of pyridine rings is 2. The van der Waals surface area contributed by atoms with E-state index in [1.54, 1.807) is 30.7 Å². The van der Waals surface area contributed by atoms with E-state index in [2.05, 4.69) is 29.1 Å². The molecule has 4 rings (SSSR count). The van der Waals surface area contributed by atoms with Crippen molar-refractivity contribution in [3.05, 3.63) is 65.8 Å². The van der Waals surface area contributed by atoms with Crippen molar-refractivity contribution in [3.63, 3.8) is 0 Å². The van der Waals surface area contributed by atoms with Crippen LogP contribution in [-0.2, 0) is 9.59 Å². The van der Waals surface area contributed by atoms with Gasteiger partial charge in [-0.05, 0) is 48.6 Å². The zero-order valence-electron chi connectivity index (χ0n) is 16.8. The molecule has 29 heavy (non-hydrogen) atoms. The zero-order valence-corrected chi connectivity index (χ0v) is 16.8. The molecule has 6 heteroatoms. The molecule has 148 valence electrons. The van der Waals surface area contributed by atoms with Gasteiger partial charge in [0.15, 0.2) is 0 Å². The molecule has 0 radical (unpaired) electrons. The molecule has 0 bridgehead atoms. The number of Topliss-reactive ketones (excluding diaryl/α,β-unsaturated/α-hetero) is 1. The molecule has 0 spiro atoms. The molecule has 1 N–H and O–H groups in total. The summed E-state index contributed by atoms with van der Waals surface area (Å²) < 4.78 is 0. The van der Waals surface area contributed by atoms with Crippen LogP contribution in [0.1, 0.15) is 45.1 Å². The maximum absolute atomic E-state index is 13.3. The van der Waals surface area contributed by atoms with Gasteiger partial charge in [0.05, 0.1) is 5.92 Å². The molecular formula is C23H24N4O2. The third kappa shape index (κ3) is 3.75. The number of rotatable bonds is 3. The van der Waals surface area contributed by atoms with E-state index in [-0.39, 0.29) is 23.0 Å². The lowest BCUT2D eigenvalue weighted by molar-refractivity contribution is -0.124. The molecule has 6 nitrogen and oxygen atoms in total. The fraction of sp³-hybridized carbons (Fsp3) is 0.348. The second-order valence-electron chi connectivity index (χ2n) is 8.49. The Labute approximate surface area is 170 Å². The van der Waals surface area contributed by atoms with Crippen molar-refractivity contribution in [1.29, 1.82) is 0 Å². The van der Waals surface area contributed by atoms with Crippen LogP contribution in [-0.4, -0.2) is 27.4 Å². The number of amides is 1. The summed E-state index contributed by atoms with van der Waals surface area (Å²) in [7, 11) is 0. The molecule has 1 fully saturated rings. The molecule has 3 heterocycles. The van der Waals surface area contributed by atoms with Crippen molar-refractivity contribution < 1.29 is 9.59 Å². The fourth-order valence-electron chi connectivity index (χ4n) is 4.44. The van der Waals surface area contributed by atoms with Crippen molar-refractivity contribution in [3.8, 4) is 0 Å². The number of carbonyl (C=O) groups excluding carboxylic acids is 2. The summed E-state index contributed by atoms with van der Waals surface area (Å²) in [6.07, 6.45) is 6.24. The number of anilines is 1. The van der Waals surface area contributed by atoms with Crippen LogP contribution in [0.5, 0.6) is 0 Å². The number of aliphatic imine (C=N–C) groups is 1. The summed E-state index contributed by atoms with van der Waals surface area (Å²) in [5, 5.41) is 2.86.